The van der Waals surface area contributed by atoms with Crippen molar-refractivity contribution in [2.45, 2.75) is 13.3 Å². The normalized spacial score (nSPS) is 10.1. The standard InChI is InChI=1S/C16H17N5O4/c1-11-12(4-2-5-14(11)21(24)25)15(22)19-6-3-7-20-16(23)13-10-17-8-9-18-13/h2,4-5,8-10H,3,6-7H2,1H3,(H,19,22)(H,20,23). The van der Waals surface area contributed by atoms with Gasteiger partial charge < -0.3 is 10.6 Å². The van der Waals surface area contributed by atoms with Crippen molar-refractivity contribution in [2.75, 3.05) is 13.1 Å². The Morgan fingerprint density at radius 2 is 1.88 bits per heavy atom. The third-order valence-corrected chi connectivity index (χ3v) is 3.47. The van der Waals surface area contributed by atoms with Crippen LogP contribution in [-0.4, -0.2) is 39.8 Å². The van der Waals surface area contributed by atoms with Gasteiger partial charge in [0.25, 0.3) is 17.5 Å². The Morgan fingerprint density at radius 1 is 1.16 bits per heavy atom. The Kier molecular flexibility index (Phi) is 6.10. The molecule has 9 nitrogen and oxygen atoms in total. The highest BCUT2D eigenvalue weighted by atomic mass is 16.6. The van der Waals surface area contributed by atoms with Gasteiger partial charge >= 0.3 is 0 Å². The zero-order valence-corrected chi connectivity index (χ0v) is 13.6. The van der Waals surface area contributed by atoms with E-state index < -0.39 is 4.92 Å². The average molecular weight is 343 g/mol. The summed E-state index contributed by atoms with van der Waals surface area (Å²) >= 11 is 0. The number of carbonyl (C=O) groups excluding carboxylic acids is 2. The zero-order chi connectivity index (χ0) is 18.2. The molecule has 0 atom stereocenters. The molecule has 2 aromatic rings. The summed E-state index contributed by atoms with van der Waals surface area (Å²) in [6.45, 7) is 2.21. The lowest BCUT2D eigenvalue weighted by molar-refractivity contribution is -0.385. The minimum absolute atomic E-state index is 0.0936. The number of nitrogens with zero attached hydrogens (tertiary/aromatic N) is 3. The average Bonchev–Trinajstić information content (AvgIpc) is 2.61. The molecule has 0 aliphatic rings. The van der Waals surface area contributed by atoms with Crippen LogP contribution in [0, 0.1) is 17.0 Å². The molecule has 0 bridgehead atoms. The summed E-state index contributed by atoms with van der Waals surface area (Å²) in [6, 6.07) is 4.36. The highest BCUT2D eigenvalue weighted by molar-refractivity contribution is 5.96. The van der Waals surface area contributed by atoms with E-state index in [0.29, 0.717) is 25.1 Å². The van der Waals surface area contributed by atoms with Crippen LogP contribution in [0.25, 0.3) is 0 Å². The number of rotatable bonds is 7. The number of nitrogens with one attached hydrogen (secondary N) is 2. The zero-order valence-electron chi connectivity index (χ0n) is 13.6. The molecule has 2 amide bonds. The number of nitro benzene ring substituents is 1. The largest absolute Gasteiger partial charge is 0.352 e. The third-order valence-electron chi connectivity index (χ3n) is 3.47. The van der Waals surface area contributed by atoms with Gasteiger partial charge in [0.1, 0.15) is 5.69 Å². The van der Waals surface area contributed by atoms with Gasteiger partial charge in [-0.15, -0.1) is 0 Å². The molecule has 1 aromatic carbocycles. The molecule has 9 heteroatoms. The first-order valence-electron chi connectivity index (χ1n) is 7.57. The van der Waals surface area contributed by atoms with Crippen molar-refractivity contribution in [3.63, 3.8) is 0 Å². The van der Waals surface area contributed by atoms with E-state index >= 15 is 0 Å². The summed E-state index contributed by atoms with van der Waals surface area (Å²) in [5.74, 6) is -0.726. The van der Waals surface area contributed by atoms with Crippen molar-refractivity contribution in [1.29, 1.82) is 0 Å². The summed E-state index contributed by atoms with van der Waals surface area (Å²) in [5, 5.41) is 16.2. The molecule has 1 aromatic heterocycles. The number of hydrogen-bond acceptors (Lipinski definition) is 6. The Hall–Kier alpha value is -3.36. The summed E-state index contributed by atoms with van der Waals surface area (Å²) in [4.78, 5) is 41.9. The Labute approximate surface area is 143 Å². The van der Waals surface area contributed by atoms with E-state index in [0.717, 1.165) is 0 Å². The van der Waals surface area contributed by atoms with Crippen LogP contribution < -0.4 is 10.6 Å². The maximum atomic E-state index is 12.1. The maximum Gasteiger partial charge on any atom is 0.273 e. The van der Waals surface area contributed by atoms with Gasteiger partial charge in [0, 0.05) is 42.7 Å². The SMILES string of the molecule is Cc1c(C(=O)NCCCNC(=O)c2cnccn2)cccc1[N+](=O)[O-]. The van der Waals surface area contributed by atoms with E-state index in [4.69, 9.17) is 0 Å². The van der Waals surface area contributed by atoms with Crippen molar-refractivity contribution in [2.24, 2.45) is 0 Å². The van der Waals surface area contributed by atoms with Crippen molar-refractivity contribution >= 4 is 17.5 Å². The second-order valence-electron chi connectivity index (χ2n) is 5.16. The predicted molar refractivity (Wildman–Crippen MR) is 89.1 cm³/mol. The van der Waals surface area contributed by atoms with Crippen LogP contribution in [-0.2, 0) is 0 Å². The molecule has 130 valence electrons. The lowest BCUT2D eigenvalue weighted by Crippen LogP contribution is -2.30. The van der Waals surface area contributed by atoms with Crippen LogP contribution in [0.1, 0.15) is 32.8 Å². The topological polar surface area (TPSA) is 127 Å². The van der Waals surface area contributed by atoms with Crippen LogP contribution in [0.3, 0.4) is 0 Å². The number of amides is 2. The molecule has 1 heterocycles. The molecule has 0 saturated carbocycles. The highest BCUT2D eigenvalue weighted by Crippen LogP contribution is 2.20. The molecule has 0 aliphatic heterocycles. The fourth-order valence-electron chi connectivity index (χ4n) is 2.16. The summed E-state index contributed by atoms with van der Waals surface area (Å²) in [6.07, 6.45) is 4.77. The summed E-state index contributed by atoms with van der Waals surface area (Å²) in [7, 11) is 0. The van der Waals surface area contributed by atoms with Gasteiger partial charge in [0.2, 0.25) is 0 Å². The van der Waals surface area contributed by atoms with E-state index in [2.05, 4.69) is 20.6 Å². The Balaban J connectivity index is 1.79. The van der Waals surface area contributed by atoms with Crippen LogP contribution in [0.15, 0.2) is 36.8 Å². The molecule has 25 heavy (non-hydrogen) atoms. The lowest BCUT2D eigenvalue weighted by Gasteiger charge is -2.08. The molecular formula is C16H17N5O4. The highest BCUT2D eigenvalue weighted by Gasteiger charge is 2.17. The number of benzene rings is 1. The van der Waals surface area contributed by atoms with Crippen molar-refractivity contribution in [3.8, 4) is 0 Å². The fourth-order valence-corrected chi connectivity index (χ4v) is 2.16. The minimum atomic E-state index is -0.520. The molecule has 0 fully saturated rings. The number of nitro groups is 1. The molecule has 0 saturated heterocycles. The van der Waals surface area contributed by atoms with E-state index in [1.807, 2.05) is 0 Å². The molecule has 0 unspecified atom stereocenters. The summed E-state index contributed by atoms with van der Waals surface area (Å²) in [5.41, 5.74) is 0.710. The van der Waals surface area contributed by atoms with Gasteiger partial charge in [-0.1, -0.05) is 6.07 Å². The van der Waals surface area contributed by atoms with Gasteiger partial charge in [0.15, 0.2) is 0 Å². The number of hydrogen-bond donors (Lipinski definition) is 2. The monoisotopic (exact) mass is 343 g/mol. The fraction of sp³-hybridized carbons (Fsp3) is 0.250. The molecule has 0 spiro atoms. The van der Waals surface area contributed by atoms with Crippen LogP contribution >= 0.6 is 0 Å². The minimum Gasteiger partial charge on any atom is -0.352 e. The first kappa shape index (κ1) is 18.0. The molecule has 2 N–H and O–H groups in total. The van der Waals surface area contributed by atoms with Gasteiger partial charge in [-0.05, 0) is 19.4 Å². The van der Waals surface area contributed by atoms with E-state index in [-0.39, 0.29) is 28.8 Å². The van der Waals surface area contributed by atoms with Crippen LogP contribution in [0.2, 0.25) is 0 Å². The van der Waals surface area contributed by atoms with E-state index in [1.165, 1.54) is 43.7 Å². The first-order chi connectivity index (χ1) is 12.0. The van der Waals surface area contributed by atoms with Gasteiger partial charge in [-0.3, -0.25) is 24.7 Å². The van der Waals surface area contributed by atoms with Crippen molar-refractivity contribution < 1.29 is 14.5 Å². The van der Waals surface area contributed by atoms with Crippen LogP contribution in [0.5, 0.6) is 0 Å². The maximum absolute atomic E-state index is 12.1. The Bertz CT molecular complexity index is 779. The number of aromatic nitrogens is 2. The second-order valence-corrected chi connectivity index (χ2v) is 5.16. The molecule has 0 radical (unpaired) electrons. The quantitative estimate of drug-likeness (QED) is 0.442. The predicted octanol–water partition coefficient (Wildman–Crippen LogP) is 1.24. The van der Waals surface area contributed by atoms with Gasteiger partial charge in [-0.25, -0.2) is 4.98 Å². The van der Waals surface area contributed by atoms with Crippen molar-refractivity contribution in [3.05, 3.63) is 63.7 Å². The van der Waals surface area contributed by atoms with E-state index in [1.54, 1.807) is 0 Å². The third kappa shape index (κ3) is 4.80. The Morgan fingerprint density at radius 3 is 2.52 bits per heavy atom. The number of carbonyl (C=O) groups is 2. The molecule has 2 rings (SSSR count). The molecular weight excluding hydrogens is 326 g/mol. The summed E-state index contributed by atoms with van der Waals surface area (Å²) < 4.78 is 0. The lowest BCUT2D eigenvalue weighted by atomic mass is 10.1. The van der Waals surface area contributed by atoms with Gasteiger partial charge in [-0.2, -0.15) is 0 Å². The van der Waals surface area contributed by atoms with E-state index in [9.17, 15) is 19.7 Å². The van der Waals surface area contributed by atoms with Crippen molar-refractivity contribution in [1.82, 2.24) is 20.6 Å². The molecule has 0 aliphatic carbocycles. The van der Waals surface area contributed by atoms with Crippen LogP contribution in [0.4, 0.5) is 5.69 Å². The smallest absolute Gasteiger partial charge is 0.273 e. The van der Waals surface area contributed by atoms with Gasteiger partial charge in [0.05, 0.1) is 11.1 Å². The first-order valence-corrected chi connectivity index (χ1v) is 7.57. The second kappa shape index (κ2) is 8.48.